The van der Waals surface area contributed by atoms with E-state index in [1.807, 2.05) is 6.20 Å². The molecule has 0 saturated carbocycles. The molecule has 0 aliphatic heterocycles. The maximum atomic E-state index is 5.57. The average Bonchev–Trinajstić information content (AvgIpc) is 2.79. The zero-order chi connectivity index (χ0) is 9.80. The van der Waals surface area contributed by atoms with Crippen molar-refractivity contribution in [2.24, 2.45) is 0 Å². The molecule has 0 amide bonds. The number of alkyl halides is 1. The Morgan fingerprint density at radius 1 is 1.50 bits per heavy atom. The Hall–Kier alpha value is -1.43. The molecule has 2 heterocycles. The van der Waals surface area contributed by atoms with Crippen LogP contribution in [0.25, 0.3) is 0 Å². The summed E-state index contributed by atoms with van der Waals surface area (Å²) in [5.41, 5.74) is 0.861. The van der Waals surface area contributed by atoms with Gasteiger partial charge in [0.25, 0.3) is 0 Å². The highest BCUT2D eigenvalue weighted by Crippen LogP contribution is 1.99. The summed E-state index contributed by atoms with van der Waals surface area (Å²) in [7, 11) is 0. The normalized spacial score (nSPS) is 10.6. The van der Waals surface area contributed by atoms with E-state index >= 15 is 0 Å². The highest BCUT2D eigenvalue weighted by molar-refractivity contribution is 6.17. The van der Waals surface area contributed by atoms with E-state index in [0.717, 1.165) is 5.69 Å². The van der Waals surface area contributed by atoms with Gasteiger partial charge in [-0.25, -0.2) is 4.68 Å². The van der Waals surface area contributed by atoms with Crippen LogP contribution in [0.2, 0.25) is 0 Å². The number of rotatable bonds is 4. The summed E-state index contributed by atoms with van der Waals surface area (Å²) in [5, 5.41) is 11.3. The van der Waals surface area contributed by atoms with Crippen LogP contribution in [0.1, 0.15) is 11.6 Å². The SMILES string of the molecule is ClCCc1cn(Cc2ncno2)nn1. The highest BCUT2D eigenvalue weighted by Gasteiger charge is 2.03. The molecule has 2 aromatic heterocycles. The van der Waals surface area contributed by atoms with Crippen LogP contribution in [-0.4, -0.2) is 31.0 Å². The Bertz CT molecular complexity index is 384. The molecule has 0 unspecified atom stereocenters. The van der Waals surface area contributed by atoms with Gasteiger partial charge in [0, 0.05) is 18.5 Å². The van der Waals surface area contributed by atoms with Gasteiger partial charge < -0.3 is 4.52 Å². The van der Waals surface area contributed by atoms with E-state index in [4.69, 9.17) is 16.1 Å². The van der Waals surface area contributed by atoms with E-state index in [2.05, 4.69) is 20.5 Å². The Morgan fingerprint density at radius 2 is 2.43 bits per heavy atom. The number of halogens is 1. The van der Waals surface area contributed by atoms with Crippen LogP contribution >= 0.6 is 11.6 Å². The largest absolute Gasteiger partial charge is 0.338 e. The first-order valence-electron chi connectivity index (χ1n) is 4.09. The van der Waals surface area contributed by atoms with Crippen LogP contribution in [0.3, 0.4) is 0 Å². The number of aromatic nitrogens is 5. The molecular weight excluding hydrogens is 206 g/mol. The predicted octanol–water partition coefficient (Wildman–Crippen LogP) is 0.491. The Balaban J connectivity index is 2.03. The molecule has 7 heteroatoms. The minimum Gasteiger partial charge on any atom is -0.338 e. The molecule has 0 N–H and O–H groups in total. The number of hydrogen-bond acceptors (Lipinski definition) is 5. The monoisotopic (exact) mass is 213 g/mol. The zero-order valence-electron chi connectivity index (χ0n) is 7.30. The standard InChI is InChI=1S/C7H8ClN5O/c8-2-1-6-3-13(12-11-6)4-7-9-5-10-14-7/h3,5H,1-2,4H2. The molecule has 2 aromatic rings. The lowest BCUT2D eigenvalue weighted by atomic mass is 10.4. The van der Waals surface area contributed by atoms with E-state index in [1.165, 1.54) is 6.33 Å². The van der Waals surface area contributed by atoms with Crippen molar-refractivity contribution in [2.45, 2.75) is 13.0 Å². The van der Waals surface area contributed by atoms with E-state index in [9.17, 15) is 0 Å². The maximum Gasteiger partial charge on any atom is 0.248 e. The van der Waals surface area contributed by atoms with Gasteiger partial charge in [-0.1, -0.05) is 10.4 Å². The van der Waals surface area contributed by atoms with Crippen LogP contribution in [0.5, 0.6) is 0 Å². The summed E-state index contributed by atoms with van der Waals surface area (Å²) >= 11 is 5.57. The van der Waals surface area contributed by atoms with Crippen molar-refractivity contribution in [1.29, 1.82) is 0 Å². The lowest BCUT2D eigenvalue weighted by Gasteiger charge is -1.91. The molecule has 0 atom stereocenters. The predicted molar refractivity (Wildman–Crippen MR) is 47.8 cm³/mol. The van der Waals surface area contributed by atoms with Gasteiger partial charge in [-0.05, 0) is 0 Å². The lowest BCUT2D eigenvalue weighted by molar-refractivity contribution is 0.363. The smallest absolute Gasteiger partial charge is 0.248 e. The molecule has 0 saturated heterocycles. The molecule has 74 valence electrons. The van der Waals surface area contributed by atoms with E-state index < -0.39 is 0 Å². The van der Waals surface area contributed by atoms with Gasteiger partial charge in [-0.15, -0.1) is 16.7 Å². The average molecular weight is 214 g/mol. The van der Waals surface area contributed by atoms with Gasteiger partial charge in [0.2, 0.25) is 5.89 Å². The molecule has 14 heavy (non-hydrogen) atoms. The summed E-state index contributed by atoms with van der Waals surface area (Å²) in [5.74, 6) is 1.05. The Kier molecular flexibility index (Phi) is 2.73. The first-order valence-corrected chi connectivity index (χ1v) is 4.62. The third kappa shape index (κ3) is 2.08. The van der Waals surface area contributed by atoms with E-state index in [1.54, 1.807) is 4.68 Å². The summed E-state index contributed by atoms with van der Waals surface area (Å²) in [6.07, 6.45) is 3.88. The molecule has 6 nitrogen and oxygen atoms in total. The Morgan fingerprint density at radius 3 is 3.14 bits per heavy atom. The van der Waals surface area contributed by atoms with Gasteiger partial charge in [0.15, 0.2) is 6.33 Å². The topological polar surface area (TPSA) is 69.6 Å². The molecule has 0 aliphatic carbocycles. The maximum absolute atomic E-state index is 5.57. The van der Waals surface area contributed by atoms with E-state index in [0.29, 0.717) is 24.7 Å². The fourth-order valence-electron chi connectivity index (χ4n) is 1.03. The van der Waals surface area contributed by atoms with Gasteiger partial charge in [0.05, 0.1) is 5.69 Å². The van der Waals surface area contributed by atoms with Crippen molar-refractivity contribution >= 4 is 11.6 Å². The van der Waals surface area contributed by atoms with Crippen molar-refractivity contribution in [3.05, 3.63) is 24.1 Å². The van der Waals surface area contributed by atoms with Crippen LogP contribution < -0.4 is 0 Å². The first-order chi connectivity index (χ1) is 6.88. The van der Waals surface area contributed by atoms with Crippen molar-refractivity contribution in [3.63, 3.8) is 0 Å². The van der Waals surface area contributed by atoms with E-state index in [-0.39, 0.29) is 0 Å². The molecule has 0 aromatic carbocycles. The number of aryl methyl sites for hydroxylation is 1. The fourth-order valence-corrected chi connectivity index (χ4v) is 1.23. The molecule has 0 fully saturated rings. The van der Waals surface area contributed by atoms with Crippen molar-refractivity contribution in [2.75, 3.05) is 5.88 Å². The van der Waals surface area contributed by atoms with Crippen LogP contribution in [0.15, 0.2) is 17.0 Å². The van der Waals surface area contributed by atoms with Crippen LogP contribution in [-0.2, 0) is 13.0 Å². The fraction of sp³-hybridized carbons (Fsp3) is 0.429. The second-order valence-electron chi connectivity index (χ2n) is 2.68. The highest BCUT2D eigenvalue weighted by atomic mass is 35.5. The minimum absolute atomic E-state index is 0.440. The van der Waals surface area contributed by atoms with Crippen molar-refractivity contribution in [1.82, 2.24) is 25.1 Å². The number of hydrogen-bond donors (Lipinski definition) is 0. The van der Waals surface area contributed by atoms with Gasteiger partial charge in [-0.3, -0.25) is 0 Å². The van der Waals surface area contributed by atoms with Crippen molar-refractivity contribution < 1.29 is 4.52 Å². The molecule has 0 aliphatic rings. The second-order valence-corrected chi connectivity index (χ2v) is 3.06. The number of nitrogens with zero attached hydrogens (tertiary/aromatic N) is 5. The van der Waals surface area contributed by atoms with Crippen LogP contribution in [0.4, 0.5) is 0 Å². The summed E-state index contributed by atoms with van der Waals surface area (Å²) in [4.78, 5) is 3.87. The van der Waals surface area contributed by atoms with Gasteiger partial charge in [-0.2, -0.15) is 4.98 Å². The minimum atomic E-state index is 0.440. The molecule has 0 bridgehead atoms. The third-order valence-corrected chi connectivity index (χ3v) is 1.83. The Labute approximate surface area is 84.9 Å². The summed E-state index contributed by atoms with van der Waals surface area (Å²) in [6, 6.07) is 0. The zero-order valence-corrected chi connectivity index (χ0v) is 8.05. The third-order valence-electron chi connectivity index (χ3n) is 1.64. The second kappa shape index (κ2) is 4.19. The summed E-state index contributed by atoms with van der Waals surface area (Å²) in [6.45, 7) is 0.440. The van der Waals surface area contributed by atoms with Gasteiger partial charge in [0.1, 0.15) is 6.54 Å². The molecule has 0 spiro atoms. The first kappa shape index (κ1) is 9.14. The quantitative estimate of drug-likeness (QED) is 0.692. The van der Waals surface area contributed by atoms with Crippen LogP contribution in [0, 0.1) is 0 Å². The van der Waals surface area contributed by atoms with Crippen molar-refractivity contribution in [3.8, 4) is 0 Å². The molecular formula is C7H8ClN5O. The van der Waals surface area contributed by atoms with Gasteiger partial charge >= 0.3 is 0 Å². The lowest BCUT2D eigenvalue weighted by Crippen LogP contribution is -2.00. The summed E-state index contributed by atoms with van der Waals surface area (Å²) < 4.78 is 6.47. The molecule has 2 rings (SSSR count). The molecule has 0 radical (unpaired) electrons.